The van der Waals surface area contributed by atoms with Crippen molar-refractivity contribution in [2.75, 3.05) is 26.4 Å². The van der Waals surface area contributed by atoms with E-state index in [9.17, 15) is 9.59 Å². The molecule has 0 aromatic heterocycles. The number of rotatable bonds is 8. The maximum Gasteiger partial charge on any atom is 0.331 e. The van der Waals surface area contributed by atoms with Gasteiger partial charge in [0.15, 0.2) is 0 Å². The van der Waals surface area contributed by atoms with Crippen molar-refractivity contribution in [2.45, 2.75) is 31.8 Å². The Hall–Kier alpha value is -1.40. The molecule has 2 aliphatic rings. The summed E-state index contributed by atoms with van der Waals surface area (Å²) in [5.74, 6) is -0.783. The van der Waals surface area contributed by atoms with Crippen LogP contribution in [0, 0.1) is 11.8 Å². The van der Waals surface area contributed by atoms with Gasteiger partial charge in [0.25, 0.3) is 0 Å². The summed E-state index contributed by atoms with van der Waals surface area (Å²) in [5, 5.41) is 8.40. The van der Waals surface area contributed by atoms with Crippen LogP contribution in [0.1, 0.15) is 25.7 Å². The van der Waals surface area contributed by atoms with Gasteiger partial charge in [0, 0.05) is 18.8 Å². The smallest absolute Gasteiger partial charge is 0.331 e. The van der Waals surface area contributed by atoms with Gasteiger partial charge in [0.2, 0.25) is 0 Å². The van der Waals surface area contributed by atoms with Crippen molar-refractivity contribution >= 4 is 11.9 Å². The van der Waals surface area contributed by atoms with Crippen molar-refractivity contribution in [1.29, 1.82) is 0 Å². The normalized spacial score (nSPS) is 28.5. The Bertz CT molecular complexity index is 380. The molecule has 1 atom stereocenters. The number of epoxide rings is 1. The molecule has 2 rings (SSSR count). The van der Waals surface area contributed by atoms with Crippen LogP contribution in [-0.2, 0) is 23.8 Å². The van der Waals surface area contributed by atoms with Crippen molar-refractivity contribution in [3.63, 3.8) is 0 Å². The predicted octanol–water partition coefficient (Wildman–Crippen LogP) is 1.39. The summed E-state index contributed by atoms with van der Waals surface area (Å²) in [6.45, 7) is 2.68. The molecule has 0 bridgehead atoms. The van der Waals surface area contributed by atoms with Crippen LogP contribution in [0.25, 0.3) is 0 Å². The Morgan fingerprint density at radius 3 is 2.24 bits per heavy atom. The molecule has 21 heavy (non-hydrogen) atoms. The number of ether oxygens (including phenoxy) is 3. The van der Waals surface area contributed by atoms with E-state index >= 15 is 0 Å². The number of aliphatic carboxylic acids is 1. The van der Waals surface area contributed by atoms with Gasteiger partial charge in [-0.2, -0.15) is 0 Å². The Balaban J connectivity index is 1.53. The molecule has 0 spiro atoms. The average molecular weight is 298 g/mol. The number of carbonyl (C=O) groups is 2. The number of hydrogen-bond donors (Lipinski definition) is 1. The van der Waals surface area contributed by atoms with Gasteiger partial charge in [-0.25, -0.2) is 9.59 Å². The van der Waals surface area contributed by atoms with Gasteiger partial charge in [-0.15, -0.1) is 0 Å². The first kappa shape index (κ1) is 16.0. The van der Waals surface area contributed by atoms with E-state index in [1.165, 1.54) is 0 Å². The van der Waals surface area contributed by atoms with Gasteiger partial charge in [-0.1, -0.05) is 0 Å². The quantitative estimate of drug-likeness (QED) is 0.414. The van der Waals surface area contributed by atoms with E-state index in [0.717, 1.165) is 51.0 Å². The molecule has 1 aliphatic heterocycles. The molecule has 1 unspecified atom stereocenters. The van der Waals surface area contributed by atoms with Gasteiger partial charge in [0.05, 0.1) is 19.8 Å². The van der Waals surface area contributed by atoms with Gasteiger partial charge in [-0.05, 0) is 37.5 Å². The number of hydrogen-bond acceptors (Lipinski definition) is 5. The molecule has 0 amide bonds. The van der Waals surface area contributed by atoms with Crippen molar-refractivity contribution in [3.05, 3.63) is 12.2 Å². The summed E-state index contributed by atoms with van der Waals surface area (Å²) < 4.78 is 15.7. The molecule has 0 aromatic carbocycles. The second-order valence-corrected chi connectivity index (χ2v) is 5.68. The Kier molecular flexibility index (Phi) is 6.20. The minimum atomic E-state index is -1.15. The predicted molar refractivity (Wildman–Crippen MR) is 73.7 cm³/mol. The molecule has 1 saturated carbocycles. The summed E-state index contributed by atoms with van der Waals surface area (Å²) in [7, 11) is 0. The largest absolute Gasteiger partial charge is 0.478 e. The SMILES string of the molecule is O=C(O)/C=C\C(=O)OCC1CCC(COCC2CO2)CC1. The Morgan fingerprint density at radius 1 is 1.05 bits per heavy atom. The molecule has 0 aromatic rings. The van der Waals surface area contributed by atoms with Crippen LogP contribution in [0.4, 0.5) is 0 Å². The van der Waals surface area contributed by atoms with Crippen molar-refractivity contribution in [2.24, 2.45) is 11.8 Å². The van der Waals surface area contributed by atoms with Gasteiger partial charge < -0.3 is 19.3 Å². The van der Waals surface area contributed by atoms with Crippen LogP contribution in [0.5, 0.6) is 0 Å². The molecule has 1 saturated heterocycles. The summed E-state index contributed by atoms with van der Waals surface area (Å²) in [4.78, 5) is 21.5. The van der Waals surface area contributed by atoms with E-state index in [0.29, 0.717) is 31.2 Å². The molecule has 6 heteroatoms. The number of carbonyl (C=O) groups excluding carboxylic acids is 1. The number of esters is 1. The first-order chi connectivity index (χ1) is 10.1. The molecular formula is C15H22O6. The van der Waals surface area contributed by atoms with E-state index in [1.54, 1.807) is 0 Å². The zero-order chi connectivity index (χ0) is 15.1. The fraction of sp³-hybridized carbons (Fsp3) is 0.733. The van der Waals surface area contributed by atoms with Crippen molar-refractivity contribution in [3.8, 4) is 0 Å². The van der Waals surface area contributed by atoms with Crippen LogP contribution in [0.15, 0.2) is 12.2 Å². The summed E-state index contributed by atoms with van der Waals surface area (Å²) in [5.41, 5.74) is 0. The lowest BCUT2D eigenvalue weighted by Gasteiger charge is -2.27. The second kappa shape index (κ2) is 8.14. The molecule has 6 nitrogen and oxygen atoms in total. The lowest BCUT2D eigenvalue weighted by molar-refractivity contribution is -0.140. The maximum absolute atomic E-state index is 11.3. The number of carboxylic acids is 1. The highest BCUT2D eigenvalue weighted by Crippen LogP contribution is 2.29. The third kappa shape index (κ3) is 6.73. The monoisotopic (exact) mass is 298 g/mol. The minimum absolute atomic E-state index is 0.319. The van der Waals surface area contributed by atoms with E-state index in [4.69, 9.17) is 19.3 Å². The standard InChI is InChI=1S/C15H22O6/c16-14(17)5-6-15(18)21-8-12-3-1-11(2-4-12)7-19-9-13-10-20-13/h5-6,11-13H,1-4,7-10H2,(H,16,17)/b6-5-. The lowest BCUT2D eigenvalue weighted by atomic mass is 9.83. The van der Waals surface area contributed by atoms with Gasteiger partial charge in [0.1, 0.15) is 6.10 Å². The topological polar surface area (TPSA) is 85.4 Å². The van der Waals surface area contributed by atoms with Gasteiger partial charge in [-0.3, -0.25) is 0 Å². The second-order valence-electron chi connectivity index (χ2n) is 5.68. The van der Waals surface area contributed by atoms with Gasteiger partial charge >= 0.3 is 11.9 Å². The molecule has 118 valence electrons. The highest BCUT2D eigenvalue weighted by molar-refractivity contribution is 5.90. The van der Waals surface area contributed by atoms with Crippen molar-refractivity contribution in [1.82, 2.24) is 0 Å². The fourth-order valence-corrected chi connectivity index (χ4v) is 2.48. The summed E-state index contributed by atoms with van der Waals surface area (Å²) in [6, 6.07) is 0. The van der Waals surface area contributed by atoms with Crippen molar-refractivity contribution < 1.29 is 28.9 Å². The highest BCUT2D eigenvalue weighted by Gasteiger charge is 2.25. The molecule has 1 aliphatic carbocycles. The summed E-state index contributed by atoms with van der Waals surface area (Å²) >= 11 is 0. The van der Waals surface area contributed by atoms with Crippen LogP contribution >= 0.6 is 0 Å². The Labute approximate surface area is 124 Å². The number of carboxylic acid groups (broad SMARTS) is 1. The van der Waals surface area contributed by atoms with E-state index < -0.39 is 11.9 Å². The molecule has 1 N–H and O–H groups in total. The molecule has 1 heterocycles. The summed E-state index contributed by atoms with van der Waals surface area (Å²) in [6.07, 6.45) is 6.26. The van der Waals surface area contributed by atoms with Crippen LogP contribution < -0.4 is 0 Å². The fourth-order valence-electron chi connectivity index (χ4n) is 2.48. The maximum atomic E-state index is 11.3. The highest BCUT2D eigenvalue weighted by atomic mass is 16.6. The first-order valence-corrected chi connectivity index (χ1v) is 7.40. The van der Waals surface area contributed by atoms with E-state index in [2.05, 4.69) is 0 Å². The van der Waals surface area contributed by atoms with E-state index in [-0.39, 0.29) is 0 Å². The molecular weight excluding hydrogens is 276 g/mol. The average Bonchev–Trinajstić information content (AvgIpc) is 3.28. The molecule has 0 radical (unpaired) electrons. The van der Waals surface area contributed by atoms with E-state index in [1.807, 2.05) is 0 Å². The molecule has 2 fully saturated rings. The minimum Gasteiger partial charge on any atom is -0.478 e. The zero-order valence-electron chi connectivity index (χ0n) is 12.0. The third-order valence-corrected chi connectivity index (χ3v) is 3.85. The Morgan fingerprint density at radius 2 is 1.67 bits per heavy atom. The van der Waals surface area contributed by atoms with Crippen LogP contribution in [-0.4, -0.2) is 49.6 Å². The van der Waals surface area contributed by atoms with Crippen LogP contribution in [0.3, 0.4) is 0 Å². The third-order valence-electron chi connectivity index (χ3n) is 3.85. The van der Waals surface area contributed by atoms with Crippen LogP contribution in [0.2, 0.25) is 0 Å². The lowest BCUT2D eigenvalue weighted by Crippen LogP contribution is -2.23. The first-order valence-electron chi connectivity index (χ1n) is 7.40. The zero-order valence-corrected chi connectivity index (χ0v) is 12.0.